The number of benzene rings is 8. The van der Waals surface area contributed by atoms with Crippen LogP contribution < -0.4 is 30.5 Å². The van der Waals surface area contributed by atoms with E-state index in [4.69, 9.17) is 11.3 Å². The summed E-state index contributed by atoms with van der Waals surface area (Å²) in [6.07, 6.45) is 0. The van der Waals surface area contributed by atoms with Gasteiger partial charge in [-0.2, -0.15) is 0 Å². The second-order valence-electron chi connectivity index (χ2n) is 23.8. The van der Waals surface area contributed by atoms with Crippen molar-refractivity contribution < 1.29 is 9.53 Å². The summed E-state index contributed by atoms with van der Waals surface area (Å²) >= 11 is 0. The maximum absolute atomic E-state index is 13.5. The second-order valence-corrected chi connectivity index (χ2v) is 44.1. The molecule has 0 N–H and O–H groups in total. The summed E-state index contributed by atoms with van der Waals surface area (Å²) in [5.74, 6) is -0.648. The van der Waals surface area contributed by atoms with E-state index in [2.05, 4.69) is 275 Å². The molecule has 0 bridgehead atoms. The third-order valence-electron chi connectivity index (χ3n) is 14.5. The molecule has 0 spiro atoms. The van der Waals surface area contributed by atoms with E-state index in [0.717, 1.165) is 78.6 Å². The number of methoxy groups -OCH3 is 1. The molecule has 9 rings (SSSR count). The van der Waals surface area contributed by atoms with E-state index in [1.807, 2.05) is 0 Å². The van der Waals surface area contributed by atoms with Crippen LogP contribution in [0.4, 0.5) is 34.1 Å². The lowest BCUT2D eigenvalue weighted by atomic mass is 9.95. The van der Waals surface area contributed by atoms with Crippen LogP contribution >= 0.6 is 0 Å². The van der Waals surface area contributed by atoms with Gasteiger partial charge >= 0.3 is 5.97 Å². The Kier molecular flexibility index (Phi) is 14.0. The molecule has 1 aliphatic rings. The Hall–Kier alpha value is -7.07. The Balaban J connectivity index is 1.06. The number of fused-ring (bicyclic) bond motifs is 3. The largest absolute Gasteiger partial charge is 0.474 e. The van der Waals surface area contributed by atoms with E-state index in [0.29, 0.717) is 5.57 Å². The highest BCUT2D eigenvalue weighted by atomic mass is 28.3. The van der Waals surface area contributed by atoms with Gasteiger partial charge in [0.1, 0.15) is 0 Å². The molecule has 9 heteroatoms. The normalized spacial score (nSPS) is 12.4. The van der Waals surface area contributed by atoms with Crippen LogP contribution in [0.1, 0.15) is 11.1 Å². The molecule has 8 aromatic rings. The van der Waals surface area contributed by atoms with Crippen LogP contribution in [0.5, 0.6) is 0 Å². The van der Waals surface area contributed by atoms with Crippen molar-refractivity contribution in [3.63, 3.8) is 0 Å². The van der Waals surface area contributed by atoms with Crippen LogP contribution in [-0.2, 0) is 9.53 Å². The highest BCUT2D eigenvalue weighted by Crippen LogP contribution is 2.49. The summed E-state index contributed by atoms with van der Waals surface area (Å²) in [6, 6.07) is 66.7. The molecule has 0 heterocycles. The minimum Gasteiger partial charge on any atom is -0.474 e. The van der Waals surface area contributed by atoms with Gasteiger partial charge in [0.2, 0.25) is 0 Å². The zero-order chi connectivity index (χ0) is 52.9. The first-order chi connectivity index (χ1) is 35.0. The van der Waals surface area contributed by atoms with Gasteiger partial charge in [-0.05, 0) is 129 Å². The summed E-state index contributed by atoms with van der Waals surface area (Å²) < 4.78 is 5.27. The van der Waals surface area contributed by atoms with Crippen molar-refractivity contribution in [3.8, 4) is 33.4 Å². The van der Waals surface area contributed by atoms with Crippen LogP contribution in [0.2, 0.25) is 78.6 Å². The van der Waals surface area contributed by atoms with Crippen molar-refractivity contribution in [2.45, 2.75) is 78.6 Å². The van der Waals surface area contributed by atoms with Crippen LogP contribution in [0, 0.1) is 6.57 Å². The molecule has 0 radical (unpaired) electrons. The zero-order valence-corrected chi connectivity index (χ0v) is 49.5. The third kappa shape index (κ3) is 10.5. The first kappa shape index (κ1) is 51.8. The standard InChI is InChI=1S/C65H69N3O2Si4/c1-66-64(65(69)70-2)63-61-43-47(45-15-21-49(22-16-45)67(51-25-33-55(34-26-51)71(3,4)5)52-27-35-56(36-28-52)72(6,7)8)19-41-59(61)60-42-20-48(44-62(60)63)46-17-23-50(24-18-46)68(53-29-37-57(38-30-53)73(9,10)11)54-31-39-58(40-32-54)74(12,13)14/h15-44H,2-14H3. The molecular formula is C65H69N3O2Si4. The highest BCUT2D eigenvalue weighted by molar-refractivity contribution is 6.90. The second kappa shape index (κ2) is 20.0. The molecule has 74 heavy (non-hydrogen) atoms. The molecule has 0 saturated heterocycles. The molecule has 0 aromatic heterocycles. The Morgan fingerprint density at radius 1 is 0.365 bits per heavy atom. The average Bonchev–Trinajstić information content (AvgIpc) is 3.69. The number of ether oxygens (including phenoxy) is 1. The van der Waals surface area contributed by atoms with Crippen LogP contribution in [-0.4, -0.2) is 45.4 Å². The maximum Gasteiger partial charge on any atom is 0.336 e. The Bertz CT molecular complexity index is 3110. The van der Waals surface area contributed by atoms with E-state index in [1.165, 1.54) is 27.9 Å². The van der Waals surface area contributed by atoms with Crippen molar-refractivity contribution in [2.24, 2.45) is 0 Å². The van der Waals surface area contributed by atoms with E-state index in [9.17, 15) is 4.79 Å². The van der Waals surface area contributed by atoms with Crippen molar-refractivity contribution in [2.75, 3.05) is 16.9 Å². The van der Waals surface area contributed by atoms with Gasteiger partial charge in [0.25, 0.3) is 5.70 Å². The fourth-order valence-electron chi connectivity index (χ4n) is 9.97. The number of carbonyl (C=O) groups excluding carboxylic acids is 1. The summed E-state index contributed by atoms with van der Waals surface area (Å²) in [5.41, 5.74) is 14.8. The predicted molar refractivity (Wildman–Crippen MR) is 329 cm³/mol. The van der Waals surface area contributed by atoms with Gasteiger partial charge < -0.3 is 14.5 Å². The topological polar surface area (TPSA) is 37.1 Å². The van der Waals surface area contributed by atoms with E-state index < -0.39 is 38.3 Å². The van der Waals surface area contributed by atoms with Gasteiger partial charge in [0, 0.05) is 39.7 Å². The number of carbonyl (C=O) groups is 1. The number of hydrogen-bond acceptors (Lipinski definition) is 4. The Morgan fingerprint density at radius 3 is 0.838 bits per heavy atom. The van der Waals surface area contributed by atoms with Gasteiger partial charge in [-0.3, -0.25) is 4.79 Å². The molecule has 8 aromatic carbocycles. The molecule has 0 unspecified atom stereocenters. The van der Waals surface area contributed by atoms with Gasteiger partial charge in [-0.15, -0.1) is 0 Å². The number of nitrogens with zero attached hydrogens (tertiary/aromatic N) is 3. The smallest absolute Gasteiger partial charge is 0.336 e. The monoisotopic (exact) mass is 1040 g/mol. The van der Waals surface area contributed by atoms with Crippen LogP contribution in [0.25, 0.3) is 43.8 Å². The average molecular weight is 1040 g/mol. The molecule has 5 nitrogen and oxygen atoms in total. The van der Waals surface area contributed by atoms with Crippen molar-refractivity contribution in [1.29, 1.82) is 0 Å². The molecule has 0 atom stereocenters. The van der Waals surface area contributed by atoms with E-state index in [-0.39, 0.29) is 5.70 Å². The molecule has 1 aliphatic carbocycles. The van der Waals surface area contributed by atoms with Crippen LogP contribution in [0.3, 0.4) is 0 Å². The summed E-state index contributed by atoms with van der Waals surface area (Å²) in [6.45, 7) is 36.9. The van der Waals surface area contributed by atoms with Crippen LogP contribution in [0.15, 0.2) is 188 Å². The third-order valence-corrected chi connectivity index (χ3v) is 22.7. The highest BCUT2D eigenvalue weighted by Gasteiger charge is 2.31. The first-order valence-electron chi connectivity index (χ1n) is 25.8. The summed E-state index contributed by atoms with van der Waals surface area (Å²) in [5, 5.41) is 5.71. The Morgan fingerprint density at radius 2 is 0.608 bits per heavy atom. The molecule has 0 aliphatic heterocycles. The minimum absolute atomic E-state index is 0.0284. The molecule has 0 amide bonds. The molecule has 372 valence electrons. The lowest BCUT2D eigenvalue weighted by Crippen LogP contribution is -2.37. The van der Waals surface area contributed by atoms with E-state index in [1.54, 1.807) is 0 Å². The number of esters is 1. The van der Waals surface area contributed by atoms with Gasteiger partial charge in [-0.25, -0.2) is 4.85 Å². The summed E-state index contributed by atoms with van der Waals surface area (Å²) in [7, 11) is -4.61. The van der Waals surface area contributed by atoms with Crippen molar-refractivity contribution >= 4 is 98.7 Å². The molecular weight excluding hydrogens is 967 g/mol. The molecule has 0 fully saturated rings. The lowest BCUT2D eigenvalue weighted by Gasteiger charge is -2.27. The van der Waals surface area contributed by atoms with Gasteiger partial charge in [0.15, 0.2) is 0 Å². The fourth-order valence-corrected chi connectivity index (χ4v) is 14.6. The maximum atomic E-state index is 13.5. The van der Waals surface area contributed by atoms with E-state index >= 15 is 0 Å². The van der Waals surface area contributed by atoms with Crippen molar-refractivity contribution in [3.05, 3.63) is 210 Å². The van der Waals surface area contributed by atoms with Crippen molar-refractivity contribution in [1.82, 2.24) is 0 Å². The van der Waals surface area contributed by atoms with Gasteiger partial charge in [-0.1, -0.05) is 196 Å². The summed E-state index contributed by atoms with van der Waals surface area (Å²) in [4.78, 5) is 22.0. The predicted octanol–water partition coefficient (Wildman–Crippen LogP) is 16.0. The van der Waals surface area contributed by atoms with Gasteiger partial charge in [0.05, 0.1) is 46.0 Å². The molecule has 0 saturated carbocycles. The Labute approximate surface area is 444 Å². The minimum atomic E-state index is -1.49. The quantitative estimate of drug-likeness (QED) is 0.0499. The first-order valence-corrected chi connectivity index (χ1v) is 39.8. The lowest BCUT2D eigenvalue weighted by molar-refractivity contribution is -0.135. The SMILES string of the molecule is [C-]#[N+]C(C(=O)OC)=C1c2cc(-c3ccc(N(c4ccc([Si](C)(C)C)cc4)c4ccc([Si](C)(C)C)cc4)cc3)ccc2-c2ccc(-c3ccc(N(c4ccc([Si](C)(C)C)cc4)c4ccc([Si](C)(C)C)cc4)cc3)cc21. The fraction of sp³-hybridized carbons (Fsp3) is 0.200. The number of anilines is 6. The zero-order valence-electron chi connectivity index (χ0n) is 45.5. The number of hydrogen-bond donors (Lipinski definition) is 0. The number of rotatable bonds is 13.